The van der Waals surface area contributed by atoms with Crippen LogP contribution in [-0.2, 0) is 6.42 Å². The van der Waals surface area contributed by atoms with E-state index in [2.05, 4.69) is 34.2 Å². The fraction of sp³-hybridized carbons (Fsp3) is 0.360. The van der Waals surface area contributed by atoms with Crippen molar-refractivity contribution in [3.05, 3.63) is 82.7 Å². The van der Waals surface area contributed by atoms with Crippen LogP contribution in [-0.4, -0.2) is 46.0 Å². The van der Waals surface area contributed by atoms with Crippen LogP contribution < -0.4 is 4.74 Å². The predicted molar refractivity (Wildman–Crippen MR) is 119 cm³/mol. The summed E-state index contributed by atoms with van der Waals surface area (Å²) in [5.74, 6) is 1.04. The van der Waals surface area contributed by atoms with Crippen LogP contribution >= 0.6 is 0 Å². The molecule has 2 aromatic heterocycles. The van der Waals surface area contributed by atoms with E-state index >= 15 is 0 Å². The number of nitrogens with zero attached hydrogens (tertiary/aromatic N) is 4. The molecule has 1 amide bonds. The molecule has 1 saturated heterocycles. The Morgan fingerprint density at radius 1 is 1.06 bits per heavy atom. The third kappa shape index (κ3) is 5.08. The average Bonchev–Trinajstić information content (AvgIpc) is 2.79. The molecule has 3 aromatic rings. The fourth-order valence-corrected chi connectivity index (χ4v) is 4.13. The summed E-state index contributed by atoms with van der Waals surface area (Å²) in [4.78, 5) is 28.1. The van der Waals surface area contributed by atoms with Crippen molar-refractivity contribution in [1.82, 2.24) is 19.9 Å². The van der Waals surface area contributed by atoms with Gasteiger partial charge in [0.05, 0.1) is 19.0 Å². The van der Waals surface area contributed by atoms with Crippen LogP contribution in [0.25, 0.3) is 0 Å². The molecule has 6 nitrogen and oxygen atoms in total. The zero-order chi connectivity index (χ0) is 21.8. The van der Waals surface area contributed by atoms with Gasteiger partial charge in [0.1, 0.15) is 11.4 Å². The number of hydrogen-bond acceptors (Lipinski definition) is 5. The Balaban J connectivity index is 1.50. The van der Waals surface area contributed by atoms with Gasteiger partial charge in [-0.05, 0) is 68.5 Å². The average molecular weight is 417 g/mol. The number of benzene rings is 1. The van der Waals surface area contributed by atoms with Gasteiger partial charge >= 0.3 is 0 Å². The van der Waals surface area contributed by atoms with Crippen molar-refractivity contribution in [2.75, 3.05) is 20.2 Å². The first-order valence-corrected chi connectivity index (χ1v) is 10.7. The van der Waals surface area contributed by atoms with Crippen molar-refractivity contribution in [2.45, 2.75) is 39.0 Å². The van der Waals surface area contributed by atoms with Gasteiger partial charge in [-0.15, -0.1) is 0 Å². The van der Waals surface area contributed by atoms with Crippen LogP contribution in [0.1, 0.15) is 57.5 Å². The highest BCUT2D eigenvalue weighted by Crippen LogP contribution is 2.28. The van der Waals surface area contributed by atoms with Crippen LogP contribution in [0.5, 0.6) is 5.75 Å². The first kappa shape index (κ1) is 21.0. The Bertz CT molecular complexity index is 1050. The number of carbonyl (C=O) groups excluding carboxylic acids is 1. The van der Waals surface area contributed by atoms with Gasteiger partial charge < -0.3 is 9.64 Å². The molecule has 1 aromatic carbocycles. The first-order chi connectivity index (χ1) is 15.0. The van der Waals surface area contributed by atoms with Crippen LogP contribution in [0.3, 0.4) is 0 Å². The molecule has 0 aliphatic carbocycles. The summed E-state index contributed by atoms with van der Waals surface area (Å²) < 4.78 is 5.25. The highest BCUT2D eigenvalue weighted by molar-refractivity contribution is 5.92. The van der Waals surface area contributed by atoms with Crippen LogP contribution in [0.2, 0.25) is 0 Å². The molecular formula is C25H28N4O2. The van der Waals surface area contributed by atoms with Gasteiger partial charge in [0.25, 0.3) is 5.91 Å². The Labute approximate surface area is 183 Å². The first-order valence-electron chi connectivity index (χ1n) is 10.7. The minimum atomic E-state index is -0.0525. The summed E-state index contributed by atoms with van der Waals surface area (Å²) in [6.07, 6.45) is 6.04. The lowest BCUT2D eigenvalue weighted by Crippen LogP contribution is -2.39. The SMILES string of the molecule is COc1ccc(Cc2cc(C)nc([C@H]3CCCN(C(=O)c4cnc(C)cn4)C3)c2)cc1. The van der Waals surface area contributed by atoms with Crippen molar-refractivity contribution in [2.24, 2.45) is 0 Å². The summed E-state index contributed by atoms with van der Waals surface area (Å²) in [6.45, 7) is 5.31. The second-order valence-corrected chi connectivity index (χ2v) is 8.20. The molecule has 0 N–H and O–H groups in total. The standard InChI is InChI=1S/C25H28N4O2/c1-17-11-20(12-19-6-8-22(31-3)9-7-19)13-23(28-17)21-5-4-10-29(16-21)25(30)24-15-26-18(2)14-27-24/h6-9,11,13-15,21H,4-5,10,12,16H2,1-3H3/t21-/m0/s1. The topological polar surface area (TPSA) is 68.2 Å². The second kappa shape index (κ2) is 9.25. The minimum absolute atomic E-state index is 0.0525. The molecule has 4 rings (SSSR count). The lowest BCUT2D eigenvalue weighted by atomic mass is 9.92. The molecule has 0 saturated carbocycles. The predicted octanol–water partition coefficient (Wildman–Crippen LogP) is 4.11. The van der Waals surface area contributed by atoms with Crippen LogP contribution in [0.4, 0.5) is 0 Å². The van der Waals surface area contributed by atoms with E-state index in [1.54, 1.807) is 19.5 Å². The maximum atomic E-state index is 12.9. The van der Waals surface area contributed by atoms with E-state index in [1.807, 2.05) is 30.9 Å². The highest BCUT2D eigenvalue weighted by Gasteiger charge is 2.27. The van der Waals surface area contributed by atoms with E-state index in [-0.39, 0.29) is 11.8 Å². The Kier molecular flexibility index (Phi) is 6.26. The molecule has 3 heterocycles. The number of pyridine rings is 1. The lowest BCUT2D eigenvalue weighted by Gasteiger charge is -2.32. The number of piperidine rings is 1. The zero-order valence-electron chi connectivity index (χ0n) is 18.3. The number of ether oxygens (including phenoxy) is 1. The van der Waals surface area contributed by atoms with Crippen LogP contribution in [0.15, 0.2) is 48.8 Å². The number of aryl methyl sites for hydroxylation is 2. The number of amides is 1. The van der Waals surface area contributed by atoms with Gasteiger partial charge in [0.2, 0.25) is 0 Å². The van der Waals surface area contributed by atoms with E-state index in [0.717, 1.165) is 48.6 Å². The maximum Gasteiger partial charge on any atom is 0.274 e. The third-order valence-corrected chi connectivity index (χ3v) is 5.73. The quantitative estimate of drug-likeness (QED) is 0.626. The summed E-state index contributed by atoms with van der Waals surface area (Å²) in [5.41, 5.74) is 5.76. The van der Waals surface area contributed by atoms with Gasteiger partial charge in [0.15, 0.2) is 0 Å². The van der Waals surface area contributed by atoms with E-state index in [4.69, 9.17) is 9.72 Å². The summed E-state index contributed by atoms with van der Waals surface area (Å²) in [5, 5.41) is 0. The smallest absolute Gasteiger partial charge is 0.274 e. The summed E-state index contributed by atoms with van der Waals surface area (Å²) in [7, 11) is 1.68. The Hall–Kier alpha value is -3.28. The van der Waals surface area contributed by atoms with Crippen molar-refractivity contribution in [3.63, 3.8) is 0 Å². The van der Waals surface area contributed by atoms with Gasteiger partial charge in [-0.1, -0.05) is 12.1 Å². The second-order valence-electron chi connectivity index (χ2n) is 8.20. The molecule has 6 heteroatoms. The molecular weight excluding hydrogens is 388 g/mol. The van der Waals surface area contributed by atoms with E-state index in [1.165, 1.54) is 11.1 Å². The largest absolute Gasteiger partial charge is 0.497 e. The molecule has 0 bridgehead atoms. The fourth-order valence-electron chi connectivity index (χ4n) is 4.13. The van der Waals surface area contributed by atoms with Crippen molar-refractivity contribution < 1.29 is 9.53 Å². The van der Waals surface area contributed by atoms with E-state index in [9.17, 15) is 4.79 Å². The molecule has 31 heavy (non-hydrogen) atoms. The number of methoxy groups -OCH3 is 1. The number of hydrogen-bond donors (Lipinski definition) is 0. The number of aromatic nitrogens is 3. The van der Waals surface area contributed by atoms with Crippen molar-refractivity contribution >= 4 is 5.91 Å². The monoisotopic (exact) mass is 416 g/mol. The molecule has 1 fully saturated rings. The van der Waals surface area contributed by atoms with Gasteiger partial charge in [0, 0.05) is 36.6 Å². The summed E-state index contributed by atoms with van der Waals surface area (Å²) in [6, 6.07) is 12.5. The Morgan fingerprint density at radius 3 is 2.58 bits per heavy atom. The van der Waals surface area contributed by atoms with Gasteiger partial charge in [-0.2, -0.15) is 0 Å². The third-order valence-electron chi connectivity index (χ3n) is 5.73. The molecule has 0 radical (unpaired) electrons. The molecule has 1 atom stereocenters. The van der Waals surface area contributed by atoms with Gasteiger partial charge in [-0.3, -0.25) is 14.8 Å². The molecule has 0 unspecified atom stereocenters. The number of rotatable bonds is 5. The zero-order valence-corrected chi connectivity index (χ0v) is 18.3. The maximum absolute atomic E-state index is 12.9. The lowest BCUT2D eigenvalue weighted by molar-refractivity contribution is 0.0699. The van der Waals surface area contributed by atoms with Crippen LogP contribution in [0, 0.1) is 13.8 Å². The number of carbonyl (C=O) groups is 1. The molecule has 1 aliphatic rings. The number of likely N-dealkylation sites (tertiary alicyclic amines) is 1. The molecule has 1 aliphatic heterocycles. The normalized spacial score (nSPS) is 16.2. The van der Waals surface area contributed by atoms with E-state index < -0.39 is 0 Å². The van der Waals surface area contributed by atoms with Crippen molar-refractivity contribution in [1.29, 1.82) is 0 Å². The Morgan fingerprint density at radius 2 is 1.87 bits per heavy atom. The van der Waals surface area contributed by atoms with Gasteiger partial charge in [-0.25, -0.2) is 4.98 Å². The summed E-state index contributed by atoms with van der Waals surface area (Å²) >= 11 is 0. The molecule has 0 spiro atoms. The van der Waals surface area contributed by atoms with Crippen molar-refractivity contribution in [3.8, 4) is 5.75 Å². The molecule has 160 valence electrons. The minimum Gasteiger partial charge on any atom is -0.497 e. The van der Waals surface area contributed by atoms with E-state index in [0.29, 0.717) is 12.2 Å². The highest BCUT2D eigenvalue weighted by atomic mass is 16.5.